The molecule has 2 amide bonds. The number of amides is 2. The molecule has 0 bridgehead atoms. The third-order valence-electron chi connectivity index (χ3n) is 6.44. The second-order valence-corrected chi connectivity index (χ2v) is 9.13. The van der Waals surface area contributed by atoms with Gasteiger partial charge in [-0.2, -0.15) is 0 Å². The van der Waals surface area contributed by atoms with Crippen LogP contribution in [0.25, 0.3) is 11.5 Å². The smallest absolute Gasteiger partial charge is 0.271 e. The van der Waals surface area contributed by atoms with Crippen molar-refractivity contribution < 1.29 is 18.7 Å². The van der Waals surface area contributed by atoms with Crippen molar-refractivity contribution in [2.75, 3.05) is 13.2 Å². The number of fused-ring (bicyclic) bond motifs is 1. The Bertz CT molecular complexity index is 911. The maximum absolute atomic E-state index is 13.5. The van der Waals surface area contributed by atoms with E-state index >= 15 is 0 Å². The zero-order valence-electron chi connectivity index (χ0n) is 18.7. The van der Waals surface area contributed by atoms with Crippen LogP contribution in [0, 0.1) is 0 Å². The summed E-state index contributed by atoms with van der Waals surface area (Å²) in [4.78, 5) is 28.8. The molecule has 2 aliphatic rings. The lowest BCUT2D eigenvalue weighted by Gasteiger charge is -2.44. The van der Waals surface area contributed by atoms with Crippen LogP contribution in [0.2, 0.25) is 0 Å². The Morgan fingerprint density at radius 3 is 2.68 bits per heavy atom. The van der Waals surface area contributed by atoms with Gasteiger partial charge in [-0.05, 0) is 64.3 Å². The zero-order chi connectivity index (χ0) is 22.0. The van der Waals surface area contributed by atoms with Crippen molar-refractivity contribution in [3.8, 4) is 11.5 Å². The molecule has 0 spiro atoms. The van der Waals surface area contributed by atoms with E-state index in [9.17, 15) is 9.59 Å². The Morgan fingerprint density at radius 2 is 2.00 bits per heavy atom. The molecule has 3 heterocycles. The summed E-state index contributed by atoms with van der Waals surface area (Å²) >= 11 is 0. The molecular weight excluding hydrogens is 394 g/mol. The highest BCUT2D eigenvalue weighted by molar-refractivity contribution is 6.00. The van der Waals surface area contributed by atoms with E-state index in [-0.39, 0.29) is 24.0 Å². The predicted octanol–water partition coefficient (Wildman–Crippen LogP) is 3.84. The molecule has 1 saturated carbocycles. The lowest BCUT2D eigenvalue weighted by atomic mass is 9.93. The van der Waals surface area contributed by atoms with E-state index < -0.39 is 5.54 Å². The van der Waals surface area contributed by atoms with Crippen molar-refractivity contribution in [2.45, 2.75) is 77.1 Å². The Kier molecular flexibility index (Phi) is 6.23. The van der Waals surface area contributed by atoms with Crippen LogP contribution >= 0.6 is 0 Å². The molecule has 1 N–H and O–H groups in total. The van der Waals surface area contributed by atoms with E-state index in [4.69, 9.17) is 9.15 Å². The number of nitrogens with zero attached hydrogens (tertiary/aromatic N) is 2. The third kappa shape index (κ3) is 4.28. The number of rotatable bonds is 8. The maximum Gasteiger partial charge on any atom is 0.271 e. The monoisotopic (exact) mass is 427 g/mol. The molecule has 1 aliphatic carbocycles. The van der Waals surface area contributed by atoms with E-state index in [1.807, 2.05) is 49.6 Å². The lowest BCUT2D eigenvalue weighted by Crippen LogP contribution is -2.65. The fourth-order valence-corrected chi connectivity index (χ4v) is 4.72. The normalized spacial score (nSPS) is 21.7. The minimum atomic E-state index is -0.981. The van der Waals surface area contributed by atoms with Gasteiger partial charge in [0.2, 0.25) is 5.91 Å². The minimum Gasteiger partial charge on any atom is -0.463 e. The predicted molar refractivity (Wildman–Crippen MR) is 118 cm³/mol. The molecule has 31 heavy (non-hydrogen) atoms. The summed E-state index contributed by atoms with van der Waals surface area (Å²) in [7, 11) is 0. The molecular formula is C24H33N3O4. The first-order valence-corrected chi connectivity index (χ1v) is 11.4. The Labute approximate surface area is 183 Å². The molecule has 0 unspecified atom stereocenters. The molecule has 1 atom stereocenters. The van der Waals surface area contributed by atoms with Gasteiger partial charge in [0.25, 0.3) is 5.91 Å². The molecule has 2 aromatic rings. The first-order valence-electron chi connectivity index (χ1n) is 11.4. The van der Waals surface area contributed by atoms with Crippen LogP contribution in [-0.2, 0) is 16.1 Å². The van der Waals surface area contributed by atoms with E-state index in [1.165, 1.54) is 0 Å². The molecule has 4 rings (SSSR count). The minimum absolute atomic E-state index is 0.0812. The third-order valence-corrected chi connectivity index (χ3v) is 6.44. The number of nitrogens with one attached hydrogen (secondary N) is 1. The Morgan fingerprint density at radius 1 is 1.26 bits per heavy atom. The average molecular weight is 428 g/mol. The Hall–Kier alpha value is -2.54. The summed E-state index contributed by atoms with van der Waals surface area (Å²) in [5.74, 6) is 0.483. The number of carbonyl (C=O) groups excluding carboxylic acids is 2. The fourth-order valence-electron chi connectivity index (χ4n) is 4.72. The zero-order valence-corrected chi connectivity index (χ0v) is 18.7. The highest BCUT2D eigenvalue weighted by atomic mass is 16.5. The molecule has 1 aliphatic heterocycles. The SMILES string of the molecule is CC(C)OCCCN1C(=O)c2ccc(-c3ccco3)n2C[C@]1(C)C(=O)NC1CCCC1. The topological polar surface area (TPSA) is 76.7 Å². The Balaban J connectivity index is 1.63. The molecule has 1 fully saturated rings. The van der Waals surface area contributed by atoms with E-state index in [2.05, 4.69) is 5.32 Å². The molecule has 0 aromatic carbocycles. The first kappa shape index (κ1) is 21.7. The first-order chi connectivity index (χ1) is 14.9. The summed E-state index contributed by atoms with van der Waals surface area (Å²) in [6.07, 6.45) is 6.73. The van der Waals surface area contributed by atoms with Crippen molar-refractivity contribution in [1.29, 1.82) is 0 Å². The molecule has 0 radical (unpaired) electrons. The average Bonchev–Trinajstić information content (AvgIpc) is 3.48. The van der Waals surface area contributed by atoms with Gasteiger partial charge < -0.3 is 23.9 Å². The largest absolute Gasteiger partial charge is 0.463 e. The highest BCUT2D eigenvalue weighted by Crippen LogP contribution is 2.34. The van der Waals surface area contributed by atoms with Crippen molar-refractivity contribution in [3.05, 3.63) is 36.2 Å². The van der Waals surface area contributed by atoms with Crippen molar-refractivity contribution in [3.63, 3.8) is 0 Å². The molecule has 2 aromatic heterocycles. The second-order valence-electron chi connectivity index (χ2n) is 9.13. The maximum atomic E-state index is 13.5. The number of aromatic nitrogens is 1. The van der Waals surface area contributed by atoms with E-state index in [0.717, 1.165) is 31.4 Å². The quantitative estimate of drug-likeness (QED) is 0.650. The van der Waals surface area contributed by atoms with Crippen LogP contribution in [0.4, 0.5) is 0 Å². The van der Waals surface area contributed by atoms with Gasteiger partial charge in [-0.25, -0.2) is 0 Å². The van der Waals surface area contributed by atoms with Crippen LogP contribution in [0.5, 0.6) is 0 Å². The second kappa shape index (κ2) is 8.91. The summed E-state index contributed by atoms with van der Waals surface area (Å²) in [6.45, 7) is 7.29. The van der Waals surface area contributed by atoms with Gasteiger partial charge >= 0.3 is 0 Å². The van der Waals surface area contributed by atoms with Crippen LogP contribution in [0.15, 0.2) is 34.9 Å². The summed E-state index contributed by atoms with van der Waals surface area (Å²) in [5, 5.41) is 3.22. The lowest BCUT2D eigenvalue weighted by molar-refractivity contribution is -0.133. The van der Waals surface area contributed by atoms with Gasteiger partial charge in [0.1, 0.15) is 17.0 Å². The number of ether oxygens (including phenoxy) is 1. The number of carbonyl (C=O) groups is 2. The number of furan rings is 1. The van der Waals surface area contributed by atoms with E-state index in [0.29, 0.717) is 37.6 Å². The highest BCUT2D eigenvalue weighted by Gasteiger charge is 2.48. The fraction of sp³-hybridized carbons (Fsp3) is 0.583. The van der Waals surface area contributed by atoms with E-state index in [1.54, 1.807) is 11.2 Å². The van der Waals surface area contributed by atoms with Crippen molar-refractivity contribution in [2.24, 2.45) is 0 Å². The van der Waals surface area contributed by atoms with Crippen LogP contribution in [0.3, 0.4) is 0 Å². The standard InChI is InChI=1S/C24H33N3O4/c1-17(2)30-15-7-13-27-22(28)20-12-11-19(21-10-6-14-31-21)26(20)16-24(27,3)23(29)25-18-8-4-5-9-18/h6,10-12,14,17-18H,4-5,7-9,13,15-16H2,1-3H3,(H,25,29)/t24-/m1/s1. The van der Waals surface area contributed by atoms with Gasteiger partial charge in [-0.3, -0.25) is 9.59 Å². The van der Waals surface area contributed by atoms with Crippen molar-refractivity contribution >= 4 is 11.8 Å². The van der Waals surface area contributed by atoms with Crippen LogP contribution in [0.1, 0.15) is 63.4 Å². The van der Waals surface area contributed by atoms with Gasteiger partial charge in [-0.1, -0.05) is 12.8 Å². The number of hydrogen-bond acceptors (Lipinski definition) is 4. The molecule has 7 nitrogen and oxygen atoms in total. The summed E-state index contributed by atoms with van der Waals surface area (Å²) in [6, 6.07) is 7.62. The van der Waals surface area contributed by atoms with Gasteiger partial charge in [-0.15, -0.1) is 0 Å². The van der Waals surface area contributed by atoms with Gasteiger partial charge in [0, 0.05) is 19.2 Å². The molecule has 7 heteroatoms. The van der Waals surface area contributed by atoms with Crippen LogP contribution < -0.4 is 5.32 Å². The summed E-state index contributed by atoms with van der Waals surface area (Å²) < 4.78 is 13.2. The molecule has 168 valence electrons. The summed E-state index contributed by atoms with van der Waals surface area (Å²) in [5.41, 5.74) is 0.420. The van der Waals surface area contributed by atoms with Gasteiger partial charge in [0.05, 0.1) is 24.6 Å². The number of hydrogen-bond donors (Lipinski definition) is 1. The van der Waals surface area contributed by atoms with Gasteiger partial charge in [0.15, 0.2) is 0 Å². The molecule has 0 saturated heterocycles. The van der Waals surface area contributed by atoms with Crippen LogP contribution in [-0.4, -0.2) is 52.1 Å². The van der Waals surface area contributed by atoms with Crippen molar-refractivity contribution in [1.82, 2.24) is 14.8 Å².